The molecular weight excluding hydrogens is 328 g/mol. The molecule has 1 atom stereocenters. The lowest BCUT2D eigenvalue weighted by molar-refractivity contribution is 0.825. The van der Waals surface area contributed by atoms with Gasteiger partial charge in [-0.3, -0.25) is 0 Å². The lowest BCUT2D eigenvalue weighted by atomic mass is 10.4. The van der Waals surface area contributed by atoms with Crippen LogP contribution in [0.2, 0.25) is 0 Å². The van der Waals surface area contributed by atoms with E-state index in [2.05, 4.69) is 14.9 Å². The van der Waals surface area contributed by atoms with Crippen LogP contribution in [0.5, 0.6) is 0 Å². The van der Waals surface area contributed by atoms with Crippen molar-refractivity contribution in [3.63, 3.8) is 0 Å². The molecule has 0 radical (unpaired) electrons. The summed E-state index contributed by atoms with van der Waals surface area (Å²) in [6.45, 7) is 2.18. The van der Waals surface area contributed by atoms with Gasteiger partial charge >= 0.3 is 0 Å². The van der Waals surface area contributed by atoms with Crippen LogP contribution < -0.4 is 5.73 Å². The van der Waals surface area contributed by atoms with Gasteiger partial charge in [-0.25, -0.2) is 0 Å². The zero-order valence-electron chi connectivity index (χ0n) is 4.70. The highest BCUT2D eigenvalue weighted by molar-refractivity contribution is 14.2. The number of rotatable bonds is 0. The third-order valence-electron chi connectivity index (χ3n) is 0.787. The normalized spacial score (nSPS) is 37.8. The van der Waals surface area contributed by atoms with Crippen molar-refractivity contribution < 1.29 is 0 Å². The number of alkyl halides is 2. The maximum atomic E-state index is 5.90. The van der Waals surface area contributed by atoms with Crippen molar-refractivity contribution in [1.82, 2.24) is 0 Å². The summed E-state index contributed by atoms with van der Waals surface area (Å²) in [4.78, 5) is 0. The van der Waals surface area contributed by atoms with Crippen molar-refractivity contribution in [2.75, 3.05) is 4.43 Å². The van der Waals surface area contributed by atoms with Gasteiger partial charge < -0.3 is 5.73 Å². The van der Waals surface area contributed by atoms with E-state index in [1.54, 1.807) is 0 Å². The molecule has 8 heavy (non-hydrogen) atoms. The molecule has 0 unspecified atom stereocenters. The molecule has 0 amide bonds. The Balaban J connectivity index is 2.65. The third kappa shape index (κ3) is 2.18. The molecule has 0 saturated heterocycles. The Bertz CT molecular complexity index is 137. The fraction of sp³-hybridized carbons (Fsp3) is 0.600. The first-order valence-electron chi connectivity index (χ1n) is 2.37. The average molecular weight is 337 g/mol. The van der Waals surface area contributed by atoms with Crippen LogP contribution in [0.25, 0.3) is 0 Å². The second-order valence-electron chi connectivity index (χ2n) is 1.93. The smallest absolute Gasteiger partial charge is 0.0690 e. The highest BCUT2D eigenvalue weighted by Gasteiger charge is 2.13. The second-order valence-corrected chi connectivity index (χ2v) is 8.10. The maximum Gasteiger partial charge on any atom is 0.0690 e. The van der Waals surface area contributed by atoms with Crippen LogP contribution in [0.15, 0.2) is 0 Å². The summed E-state index contributed by atoms with van der Waals surface area (Å²) in [7, 11) is 0. The van der Waals surface area contributed by atoms with Crippen LogP contribution in [-0.2, 0) is 0 Å². The predicted molar refractivity (Wildman–Crippen MR) is 57.6 cm³/mol. The van der Waals surface area contributed by atoms with E-state index in [0.29, 0.717) is 20.7 Å². The van der Waals surface area contributed by atoms with Crippen LogP contribution >= 0.6 is 41.5 Å². The van der Waals surface area contributed by atoms with Gasteiger partial charge in [-0.2, -0.15) is 0 Å². The van der Waals surface area contributed by atoms with Gasteiger partial charge in [0.2, 0.25) is 0 Å². The Hall–Kier alpha value is 1.16. The van der Waals surface area contributed by atoms with Gasteiger partial charge in [0, 0.05) is 4.43 Å². The van der Waals surface area contributed by atoms with Crippen molar-refractivity contribution >= 4 is 49.5 Å². The molecule has 1 aliphatic rings. The third-order valence-corrected chi connectivity index (χ3v) is 9.04. The van der Waals surface area contributed by atoms with E-state index < -0.39 is 0 Å². The van der Waals surface area contributed by atoms with Gasteiger partial charge in [0.15, 0.2) is 0 Å². The van der Waals surface area contributed by atoms with Crippen LogP contribution in [0, 0.1) is 0 Å². The van der Waals surface area contributed by atoms with Crippen LogP contribution in [-0.4, -0.2) is 16.0 Å². The average Bonchev–Trinajstić information content (AvgIpc) is 1.65. The van der Waals surface area contributed by atoms with E-state index in [1.807, 2.05) is 0 Å². The van der Waals surface area contributed by atoms with Crippen LogP contribution in [0.1, 0.15) is 6.92 Å². The van der Waals surface area contributed by atoms with E-state index in [9.17, 15) is 0 Å². The molecule has 1 rings (SSSR count). The van der Waals surface area contributed by atoms with Gasteiger partial charge in [0.1, 0.15) is 0 Å². The minimum Gasteiger partial charge on any atom is -0.317 e. The highest BCUT2D eigenvalue weighted by atomic mass is 127. The van der Waals surface area contributed by atoms with Crippen molar-refractivity contribution in [2.24, 2.45) is 5.73 Å². The summed E-state index contributed by atoms with van der Waals surface area (Å²) in [5.41, 5.74) is 5.90. The molecule has 0 aromatic heterocycles. The van der Waals surface area contributed by atoms with E-state index in [-0.39, 0.29) is 24.3 Å². The SMILES string of the molecule is C[C@]1(N)CI=CC=I1. The van der Waals surface area contributed by atoms with Gasteiger partial charge in [0.05, 0.1) is 3.55 Å². The summed E-state index contributed by atoms with van der Waals surface area (Å²) >= 11 is 0.540. The summed E-state index contributed by atoms with van der Waals surface area (Å²) in [6.07, 6.45) is 0. The summed E-state index contributed by atoms with van der Waals surface area (Å²) < 4.78 is 6.24. The predicted octanol–water partition coefficient (Wildman–Crippen LogP) is 1.22. The number of hydrogen-bond donors (Lipinski definition) is 1. The van der Waals surface area contributed by atoms with E-state index in [1.165, 1.54) is 4.43 Å². The molecule has 0 spiro atoms. The van der Waals surface area contributed by atoms with Crippen molar-refractivity contribution in [2.45, 2.75) is 10.5 Å². The minimum absolute atomic E-state index is 0.193. The molecule has 1 nitrogen and oxygen atoms in total. The first kappa shape index (κ1) is 7.27. The number of nitrogens with two attached hydrogens (primary N) is 1. The topological polar surface area (TPSA) is 26.0 Å². The maximum absolute atomic E-state index is 5.90. The highest BCUT2D eigenvalue weighted by Crippen LogP contribution is 2.24. The van der Waals surface area contributed by atoms with Gasteiger partial charge in [0.25, 0.3) is 0 Å². The van der Waals surface area contributed by atoms with Gasteiger partial charge in [-0.15, -0.1) is 20.7 Å². The summed E-state index contributed by atoms with van der Waals surface area (Å²) in [6, 6.07) is 0. The van der Waals surface area contributed by atoms with Crippen molar-refractivity contribution in [3.05, 3.63) is 0 Å². The van der Waals surface area contributed by atoms with Crippen LogP contribution in [0.4, 0.5) is 0 Å². The fourth-order valence-corrected chi connectivity index (χ4v) is 7.29. The van der Waals surface area contributed by atoms with E-state index in [4.69, 9.17) is 5.73 Å². The van der Waals surface area contributed by atoms with Crippen LogP contribution in [0.3, 0.4) is 0 Å². The Morgan fingerprint density at radius 3 is 2.62 bits per heavy atom. The zero-order valence-corrected chi connectivity index (χ0v) is 9.01. The number of halogens is 2. The molecule has 1 heterocycles. The number of hydrogen-bond acceptors (Lipinski definition) is 1. The van der Waals surface area contributed by atoms with Gasteiger partial charge in [-0.05, 0) is 14.9 Å². The molecule has 1 aliphatic heterocycles. The zero-order chi connectivity index (χ0) is 6.04. The molecule has 0 aromatic rings. The Morgan fingerprint density at radius 1 is 1.62 bits per heavy atom. The first-order valence-corrected chi connectivity index (χ1v) is 7.46. The standard InChI is InChI=1S/C5H9I2N/c1-5(8)4-6-2-3-7-5/h2-3H,4,8H2,1H3/t5-/m0/s1. The fourth-order valence-electron chi connectivity index (χ4n) is 0.426. The molecule has 2 N–H and O–H groups in total. The van der Waals surface area contributed by atoms with E-state index in [0.717, 1.165) is 0 Å². The second kappa shape index (κ2) is 2.83. The molecule has 0 fully saturated rings. The molecule has 0 aliphatic carbocycles. The largest absolute Gasteiger partial charge is 0.317 e. The molecule has 0 aromatic carbocycles. The molecule has 0 bridgehead atoms. The van der Waals surface area contributed by atoms with Gasteiger partial charge in [-0.1, -0.05) is 20.7 Å². The molecule has 3 heteroatoms. The Labute approximate surface area is 69.5 Å². The molecule has 48 valence electrons. The summed E-state index contributed by atoms with van der Waals surface area (Å²) in [5.74, 6) is 0. The summed E-state index contributed by atoms with van der Waals surface area (Å²) in [5, 5.41) is 0. The molecule has 0 saturated carbocycles. The lowest BCUT2D eigenvalue weighted by Crippen LogP contribution is -2.32. The Kier molecular flexibility index (Phi) is 2.57. The lowest BCUT2D eigenvalue weighted by Gasteiger charge is -2.17. The first-order chi connectivity index (χ1) is 3.71. The van der Waals surface area contributed by atoms with Crippen molar-refractivity contribution in [3.8, 4) is 0 Å². The minimum atomic E-state index is 0.193. The van der Waals surface area contributed by atoms with E-state index >= 15 is 0 Å². The quantitative estimate of drug-likeness (QED) is 0.402. The molecular formula is C5H9I2N. The Morgan fingerprint density at radius 2 is 2.38 bits per heavy atom. The van der Waals surface area contributed by atoms with Crippen molar-refractivity contribution in [1.29, 1.82) is 0 Å². The monoisotopic (exact) mass is 337 g/mol.